The molecule has 3 N–H and O–H groups in total. The molecule has 1 rings (SSSR count). The molecule has 1 aromatic carbocycles. The number of methoxy groups -OCH3 is 1. The SMILES string of the molecule is COc1cc(NC(=O)N[C@@H](C)C(=O)NCCF)ccc1OC(C)C. The maximum Gasteiger partial charge on any atom is 0.319 e. The minimum atomic E-state index is -0.790. The second-order valence-electron chi connectivity index (χ2n) is 5.33. The molecule has 7 nitrogen and oxygen atoms in total. The molecule has 0 bridgehead atoms. The topological polar surface area (TPSA) is 88.7 Å². The van der Waals surface area contributed by atoms with E-state index in [0.717, 1.165) is 0 Å². The highest BCUT2D eigenvalue weighted by Gasteiger charge is 2.15. The van der Waals surface area contributed by atoms with Gasteiger partial charge in [0.1, 0.15) is 12.7 Å². The van der Waals surface area contributed by atoms with Crippen molar-refractivity contribution in [3.8, 4) is 11.5 Å². The molecular formula is C16H24FN3O4. The lowest BCUT2D eigenvalue weighted by Crippen LogP contribution is -2.46. The molecule has 134 valence electrons. The first-order valence-electron chi connectivity index (χ1n) is 7.63. The van der Waals surface area contributed by atoms with E-state index in [0.29, 0.717) is 17.2 Å². The molecule has 8 heteroatoms. The van der Waals surface area contributed by atoms with Crippen molar-refractivity contribution in [2.75, 3.05) is 25.6 Å². The Morgan fingerprint density at radius 2 is 1.92 bits per heavy atom. The fraction of sp³-hybridized carbons (Fsp3) is 0.500. The van der Waals surface area contributed by atoms with E-state index in [1.807, 2.05) is 13.8 Å². The van der Waals surface area contributed by atoms with Gasteiger partial charge in [0, 0.05) is 18.3 Å². The van der Waals surface area contributed by atoms with Crippen LogP contribution in [0, 0.1) is 0 Å². The summed E-state index contributed by atoms with van der Waals surface area (Å²) in [6.07, 6.45) is -0.00955. The van der Waals surface area contributed by atoms with Gasteiger partial charge in [0.2, 0.25) is 5.91 Å². The summed E-state index contributed by atoms with van der Waals surface area (Å²) in [6.45, 7) is 4.56. The molecule has 0 aliphatic heterocycles. The Kier molecular flexibility index (Phi) is 7.81. The van der Waals surface area contributed by atoms with Gasteiger partial charge in [-0.15, -0.1) is 0 Å². The van der Waals surface area contributed by atoms with E-state index in [-0.39, 0.29) is 12.6 Å². The van der Waals surface area contributed by atoms with Gasteiger partial charge in [-0.05, 0) is 32.9 Å². The Bertz CT molecular complexity index is 566. The lowest BCUT2D eigenvalue weighted by atomic mass is 10.2. The molecule has 0 fully saturated rings. The summed E-state index contributed by atoms with van der Waals surface area (Å²) in [5, 5.41) is 7.42. The number of urea groups is 1. The Morgan fingerprint density at radius 3 is 2.50 bits per heavy atom. The van der Waals surface area contributed by atoms with Crippen LogP contribution in [0.25, 0.3) is 0 Å². The molecule has 1 aromatic rings. The highest BCUT2D eigenvalue weighted by molar-refractivity contribution is 5.93. The average Bonchev–Trinajstić information content (AvgIpc) is 2.53. The molecule has 0 aromatic heterocycles. The molecule has 24 heavy (non-hydrogen) atoms. The first kappa shape index (κ1) is 19.5. The van der Waals surface area contributed by atoms with Gasteiger partial charge in [0.25, 0.3) is 0 Å². The van der Waals surface area contributed by atoms with Crippen LogP contribution < -0.4 is 25.4 Å². The number of carbonyl (C=O) groups excluding carboxylic acids is 2. The zero-order valence-corrected chi connectivity index (χ0v) is 14.3. The van der Waals surface area contributed by atoms with E-state index in [1.54, 1.807) is 18.2 Å². The Morgan fingerprint density at radius 1 is 1.21 bits per heavy atom. The van der Waals surface area contributed by atoms with Crippen LogP contribution in [0.5, 0.6) is 11.5 Å². The number of nitrogens with one attached hydrogen (secondary N) is 3. The van der Waals surface area contributed by atoms with Crippen LogP contribution in [0.3, 0.4) is 0 Å². The summed E-state index contributed by atoms with van der Waals surface area (Å²) >= 11 is 0. The van der Waals surface area contributed by atoms with E-state index in [2.05, 4.69) is 16.0 Å². The Balaban J connectivity index is 2.65. The van der Waals surface area contributed by atoms with Crippen LogP contribution in [-0.4, -0.2) is 44.4 Å². The van der Waals surface area contributed by atoms with Gasteiger partial charge >= 0.3 is 6.03 Å². The van der Waals surface area contributed by atoms with E-state index in [1.165, 1.54) is 14.0 Å². The van der Waals surface area contributed by atoms with Gasteiger partial charge in [0.05, 0.1) is 13.2 Å². The van der Waals surface area contributed by atoms with Crippen molar-refractivity contribution in [3.63, 3.8) is 0 Å². The predicted molar refractivity (Wildman–Crippen MR) is 89.4 cm³/mol. The molecule has 1 atom stereocenters. The second-order valence-corrected chi connectivity index (χ2v) is 5.33. The zero-order valence-electron chi connectivity index (χ0n) is 14.3. The van der Waals surface area contributed by atoms with Crippen molar-refractivity contribution in [1.29, 1.82) is 0 Å². The smallest absolute Gasteiger partial charge is 0.319 e. The van der Waals surface area contributed by atoms with Crippen LogP contribution in [0.1, 0.15) is 20.8 Å². The normalized spacial score (nSPS) is 11.6. The Hall–Kier alpha value is -2.51. The van der Waals surface area contributed by atoms with Gasteiger partial charge < -0.3 is 25.4 Å². The summed E-state index contributed by atoms with van der Waals surface area (Å²) in [5.41, 5.74) is 0.483. The lowest BCUT2D eigenvalue weighted by Gasteiger charge is -2.16. The van der Waals surface area contributed by atoms with Crippen LogP contribution in [0.2, 0.25) is 0 Å². The first-order valence-corrected chi connectivity index (χ1v) is 7.63. The molecule has 0 spiro atoms. The molecule has 0 unspecified atom stereocenters. The Labute approximate surface area is 140 Å². The monoisotopic (exact) mass is 341 g/mol. The molecule has 0 heterocycles. The van der Waals surface area contributed by atoms with Crippen molar-refractivity contribution in [2.24, 2.45) is 0 Å². The molecule has 0 saturated carbocycles. The van der Waals surface area contributed by atoms with Gasteiger partial charge in [-0.1, -0.05) is 0 Å². The second kappa shape index (κ2) is 9.59. The number of hydrogen-bond donors (Lipinski definition) is 3. The minimum absolute atomic E-state index is 0.00955. The van der Waals surface area contributed by atoms with Crippen molar-refractivity contribution in [1.82, 2.24) is 10.6 Å². The molecule has 0 radical (unpaired) electrons. The van der Waals surface area contributed by atoms with E-state index in [9.17, 15) is 14.0 Å². The largest absolute Gasteiger partial charge is 0.493 e. The zero-order chi connectivity index (χ0) is 18.1. The highest BCUT2D eigenvalue weighted by atomic mass is 19.1. The van der Waals surface area contributed by atoms with E-state index >= 15 is 0 Å². The standard InChI is InChI=1S/C16H24FN3O4/c1-10(2)24-13-6-5-12(9-14(13)23-4)20-16(22)19-11(3)15(21)18-8-7-17/h5-6,9-11H,7-8H2,1-4H3,(H,18,21)(H2,19,20,22)/t11-/m0/s1. The number of anilines is 1. The van der Waals surface area contributed by atoms with Gasteiger partial charge in [0.15, 0.2) is 11.5 Å². The summed E-state index contributed by atoms with van der Waals surface area (Å²) in [5.74, 6) is 0.591. The van der Waals surface area contributed by atoms with Crippen molar-refractivity contribution >= 4 is 17.6 Å². The average molecular weight is 341 g/mol. The number of amides is 3. The predicted octanol–water partition coefficient (Wildman–Crippen LogP) is 2.08. The molecule has 0 aliphatic carbocycles. The van der Waals surface area contributed by atoms with Crippen LogP contribution in [0.15, 0.2) is 18.2 Å². The molecular weight excluding hydrogens is 317 g/mol. The molecule has 0 aliphatic rings. The maximum absolute atomic E-state index is 12.0. The fourth-order valence-corrected chi connectivity index (χ4v) is 1.85. The van der Waals surface area contributed by atoms with Crippen LogP contribution in [0.4, 0.5) is 14.9 Å². The number of carbonyl (C=O) groups is 2. The highest BCUT2D eigenvalue weighted by Crippen LogP contribution is 2.30. The fourth-order valence-electron chi connectivity index (χ4n) is 1.85. The summed E-state index contributed by atoms with van der Waals surface area (Å²) < 4.78 is 22.8. The third kappa shape index (κ3) is 6.31. The summed E-state index contributed by atoms with van der Waals surface area (Å²) in [6, 6.07) is 3.62. The molecule has 0 saturated heterocycles. The third-order valence-electron chi connectivity index (χ3n) is 2.92. The van der Waals surface area contributed by atoms with Crippen molar-refractivity contribution in [3.05, 3.63) is 18.2 Å². The quantitative estimate of drug-likeness (QED) is 0.675. The number of rotatable bonds is 8. The maximum atomic E-state index is 12.0. The summed E-state index contributed by atoms with van der Waals surface area (Å²) in [7, 11) is 1.50. The van der Waals surface area contributed by atoms with Gasteiger partial charge in [-0.3, -0.25) is 4.79 Å². The number of ether oxygens (including phenoxy) is 2. The third-order valence-corrected chi connectivity index (χ3v) is 2.92. The van der Waals surface area contributed by atoms with Gasteiger partial charge in [-0.2, -0.15) is 0 Å². The molecule has 3 amide bonds. The van der Waals surface area contributed by atoms with Crippen molar-refractivity contribution in [2.45, 2.75) is 32.9 Å². The van der Waals surface area contributed by atoms with E-state index < -0.39 is 24.7 Å². The van der Waals surface area contributed by atoms with Gasteiger partial charge in [-0.25, -0.2) is 9.18 Å². The lowest BCUT2D eigenvalue weighted by molar-refractivity contribution is -0.122. The number of halogens is 1. The van der Waals surface area contributed by atoms with Crippen molar-refractivity contribution < 1.29 is 23.5 Å². The van der Waals surface area contributed by atoms with Crippen LogP contribution >= 0.6 is 0 Å². The summed E-state index contributed by atoms with van der Waals surface area (Å²) in [4.78, 5) is 23.5. The van der Waals surface area contributed by atoms with E-state index in [4.69, 9.17) is 9.47 Å². The first-order chi connectivity index (χ1) is 11.4. The number of alkyl halides is 1. The number of benzene rings is 1. The number of hydrogen-bond acceptors (Lipinski definition) is 4. The minimum Gasteiger partial charge on any atom is -0.493 e. The van der Waals surface area contributed by atoms with Crippen LogP contribution in [-0.2, 0) is 4.79 Å².